The van der Waals surface area contributed by atoms with Crippen molar-refractivity contribution in [1.82, 2.24) is 9.80 Å². The molecule has 0 bridgehead atoms. The molecule has 0 unspecified atom stereocenters. The van der Waals surface area contributed by atoms with Crippen LogP contribution in [0.4, 0.5) is 11.4 Å². The maximum Gasteiger partial charge on any atom is 0.255 e. The molecule has 0 spiro atoms. The summed E-state index contributed by atoms with van der Waals surface area (Å²) in [6.07, 6.45) is 4.98. The van der Waals surface area contributed by atoms with Crippen LogP contribution in [0.3, 0.4) is 0 Å². The zero-order valence-corrected chi connectivity index (χ0v) is 20.9. The van der Waals surface area contributed by atoms with Crippen molar-refractivity contribution in [2.24, 2.45) is 10.7 Å². The van der Waals surface area contributed by atoms with Gasteiger partial charge in [-0.05, 0) is 67.8 Å². The lowest BCUT2D eigenvalue weighted by Crippen LogP contribution is -2.34. The molecular formula is C28H35N5O2. The smallest absolute Gasteiger partial charge is 0.255 e. The van der Waals surface area contributed by atoms with Crippen LogP contribution in [0.2, 0.25) is 0 Å². The standard InChI is InChI=1S/C28H35N5O2/c1-4-11-33(12-5-2)28(35)22-14-20-6-7-21(16-25(20)31-26(29)17-22)27(34)30-24-9-8-19-10-13-32(3)18-23(19)15-24/h6-9,14-16H,4-5,10-13,17-18H2,1-3H3,(H2,29,31)(H,30,34). The summed E-state index contributed by atoms with van der Waals surface area (Å²) in [7, 11) is 2.11. The number of hydrogen-bond donors (Lipinski definition) is 2. The van der Waals surface area contributed by atoms with E-state index >= 15 is 0 Å². The van der Waals surface area contributed by atoms with Gasteiger partial charge < -0.3 is 20.9 Å². The number of nitrogens with zero attached hydrogens (tertiary/aromatic N) is 3. The van der Waals surface area contributed by atoms with Crippen LogP contribution in [0, 0.1) is 0 Å². The van der Waals surface area contributed by atoms with Gasteiger partial charge in [0.05, 0.1) is 5.69 Å². The Balaban J connectivity index is 1.55. The van der Waals surface area contributed by atoms with E-state index in [1.807, 2.05) is 23.1 Å². The van der Waals surface area contributed by atoms with E-state index in [1.54, 1.807) is 12.1 Å². The first-order valence-corrected chi connectivity index (χ1v) is 12.5. The lowest BCUT2D eigenvalue weighted by atomic mass is 9.99. The van der Waals surface area contributed by atoms with Gasteiger partial charge >= 0.3 is 0 Å². The molecule has 0 aliphatic carbocycles. The molecule has 0 aromatic heterocycles. The molecule has 2 aliphatic rings. The fourth-order valence-corrected chi connectivity index (χ4v) is 4.71. The van der Waals surface area contributed by atoms with Crippen LogP contribution in [-0.2, 0) is 17.8 Å². The molecule has 0 saturated heterocycles. The summed E-state index contributed by atoms with van der Waals surface area (Å²) in [5.74, 6) is 0.166. The number of carbonyl (C=O) groups is 2. The summed E-state index contributed by atoms with van der Waals surface area (Å²) in [4.78, 5) is 34.9. The van der Waals surface area contributed by atoms with Gasteiger partial charge in [0.2, 0.25) is 5.91 Å². The summed E-state index contributed by atoms with van der Waals surface area (Å²) in [6.45, 7) is 7.50. The van der Waals surface area contributed by atoms with Crippen molar-refractivity contribution < 1.29 is 9.59 Å². The number of amides is 2. The highest BCUT2D eigenvalue weighted by Gasteiger charge is 2.21. The van der Waals surface area contributed by atoms with E-state index in [0.29, 0.717) is 42.2 Å². The highest BCUT2D eigenvalue weighted by Crippen LogP contribution is 2.29. The predicted octanol–water partition coefficient (Wildman–Crippen LogP) is 4.35. The fraction of sp³-hybridized carbons (Fsp3) is 0.393. The van der Waals surface area contributed by atoms with E-state index in [-0.39, 0.29) is 11.8 Å². The number of hydrogen-bond acceptors (Lipinski definition) is 5. The second-order valence-corrected chi connectivity index (χ2v) is 9.44. The monoisotopic (exact) mass is 473 g/mol. The highest BCUT2D eigenvalue weighted by molar-refractivity contribution is 6.08. The number of rotatable bonds is 7. The highest BCUT2D eigenvalue weighted by atomic mass is 16.2. The predicted molar refractivity (Wildman–Crippen MR) is 142 cm³/mol. The first-order chi connectivity index (χ1) is 16.9. The van der Waals surface area contributed by atoms with E-state index in [2.05, 4.69) is 48.2 Å². The molecule has 35 heavy (non-hydrogen) atoms. The molecule has 0 radical (unpaired) electrons. The molecule has 7 heteroatoms. The zero-order chi connectivity index (χ0) is 24.9. The second-order valence-electron chi connectivity index (χ2n) is 9.44. The summed E-state index contributed by atoms with van der Waals surface area (Å²) in [5, 5.41) is 3.01. The van der Waals surface area contributed by atoms with Crippen LogP contribution in [0.25, 0.3) is 6.08 Å². The number of nitrogens with two attached hydrogens (primary N) is 1. The fourth-order valence-electron chi connectivity index (χ4n) is 4.71. The van der Waals surface area contributed by atoms with Crippen LogP contribution in [0.5, 0.6) is 0 Å². The third kappa shape index (κ3) is 5.80. The number of nitrogens with one attached hydrogen (secondary N) is 1. The van der Waals surface area contributed by atoms with Gasteiger partial charge in [-0.15, -0.1) is 0 Å². The van der Waals surface area contributed by atoms with Crippen molar-refractivity contribution in [3.63, 3.8) is 0 Å². The van der Waals surface area contributed by atoms with Gasteiger partial charge in [-0.1, -0.05) is 26.0 Å². The van der Waals surface area contributed by atoms with Crippen molar-refractivity contribution in [2.45, 2.75) is 46.1 Å². The molecule has 2 aromatic rings. The Morgan fingerprint density at radius 2 is 1.86 bits per heavy atom. The summed E-state index contributed by atoms with van der Waals surface area (Å²) >= 11 is 0. The number of anilines is 1. The maximum atomic E-state index is 13.2. The molecule has 2 amide bonds. The van der Waals surface area contributed by atoms with E-state index in [9.17, 15) is 9.59 Å². The molecule has 2 aliphatic heterocycles. The Labute approximate surface area is 207 Å². The molecule has 2 aromatic carbocycles. The zero-order valence-electron chi connectivity index (χ0n) is 20.9. The molecule has 0 saturated carbocycles. The Kier molecular flexibility index (Phi) is 7.66. The van der Waals surface area contributed by atoms with Crippen LogP contribution in [0.15, 0.2) is 47.0 Å². The average Bonchev–Trinajstić information content (AvgIpc) is 3.00. The molecule has 7 nitrogen and oxygen atoms in total. The number of fused-ring (bicyclic) bond motifs is 2. The first-order valence-electron chi connectivity index (χ1n) is 12.5. The lowest BCUT2D eigenvalue weighted by Gasteiger charge is -2.25. The van der Waals surface area contributed by atoms with Crippen LogP contribution >= 0.6 is 0 Å². The largest absolute Gasteiger partial charge is 0.387 e. The van der Waals surface area contributed by atoms with E-state index in [4.69, 9.17) is 5.73 Å². The number of carbonyl (C=O) groups excluding carboxylic acids is 2. The molecule has 4 rings (SSSR count). The van der Waals surface area contributed by atoms with E-state index in [0.717, 1.165) is 43.6 Å². The number of likely N-dealkylation sites (N-methyl/N-ethyl adjacent to an activating group) is 1. The third-order valence-corrected chi connectivity index (χ3v) is 6.47. The molecule has 0 atom stereocenters. The van der Waals surface area contributed by atoms with Gasteiger partial charge in [-0.2, -0.15) is 0 Å². The number of amidine groups is 1. The molecule has 2 heterocycles. The third-order valence-electron chi connectivity index (χ3n) is 6.47. The van der Waals surface area contributed by atoms with Crippen molar-refractivity contribution in [2.75, 3.05) is 32.0 Å². The minimum Gasteiger partial charge on any atom is -0.387 e. The van der Waals surface area contributed by atoms with Gasteiger partial charge in [0.1, 0.15) is 5.84 Å². The lowest BCUT2D eigenvalue weighted by molar-refractivity contribution is -0.127. The molecular weight excluding hydrogens is 438 g/mol. The van der Waals surface area contributed by atoms with Gasteiger partial charge in [0.15, 0.2) is 0 Å². The van der Waals surface area contributed by atoms with Gasteiger partial charge in [0.25, 0.3) is 5.91 Å². The Morgan fingerprint density at radius 3 is 2.60 bits per heavy atom. The minimum absolute atomic E-state index is 0.000394. The summed E-state index contributed by atoms with van der Waals surface area (Å²) < 4.78 is 0. The van der Waals surface area contributed by atoms with Crippen LogP contribution in [0.1, 0.15) is 60.2 Å². The van der Waals surface area contributed by atoms with Crippen molar-refractivity contribution in [3.05, 3.63) is 64.2 Å². The number of benzene rings is 2. The van der Waals surface area contributed by atoms with Crippen LogP contribution < -0.4 is 11.1 Å². The van der Waals surface area contributed by atoms with Gasteiger partial charge in [0, 0.05) is 55.0 Å². The first kappa shape index (κ1) is 24.7. The van der Waals surface area contributed by atoms with Gasteiger partial charge in [-0.3, -0.25) is 9.59 Å². The minimum atomic E-state index is -0.202. The molecule has 184 valence electrons. The Morgan fingerprint density at radius 1 is 1.09 bits per heavy atom. The summed E-state index contributed by atoms with van der Waals surface area (Å²) in [6, 6.07) is 11.5. The molecule has 3 N–H and O–H groups in total. The van der Waals surface area contributed by atoms with E-state index in [1.165, 1.54) is 11.1 Å². The van der Waals surface area contributed by atoms with Gasteiger partial charge in [-0.25, -0.2) is 4.99 Å². The number of aliphatic imine (C=N–C) groups is 1. The van der Waals surface area contributed by atoms with Crippen molar-refractivity contribution >= 4 is 35.1 Å². The van der Waals surface area contributed by atoms with E-state index < -0.39 is 0 Å². The normalized spacial score (nSPS) is 15.3. The average molecular weight is 474 g/mol. The van der Waals surface area contributed by atoms with Crippen molar-refractivity contribution in [3.8, 4) is 0 Å². The summed E-state index contributed by atoms with van der Waals surface area (Å²) in [5.41, 5.74) is 12.1. The maximum absolute atomic E-state index is 13.2. The second kappa shape index (κ2) is 10.9. The van der Waals surface area contributed by atoms with Crippen molar-refractivity contribution in [1.29, 1.82) is 0 Å². The SMILES string of the molecule is CCCN(CCC)C(=O)C1=Cc2ccc(C(=O)Nc3ccc4c(c3)CN(C)CC4)cc2N=C(N)C1. The molecule has 0 fully saturated rings. The topological polar surface area (TPSA) is 91.0 Å². The Hall–Kier alpha value is -3.45. The van der Waals surface area contributed by atoms with Crippen LogP contribution in [-0.4, -0.2) is 54.1 Å². The Bertz CT molecular complexity index is 1180. The quantitative estimate of drug-likeness (QED) is 0.625.